The Balaban J connectivity index is 1.60. The molecule has 1 unspecified atom stereocenters. The monoisotopic (exact) mass is 423 g/mol. The van der Waals surface area contributed by atoms with Gasteiger partial charge >= 0.3 is 0 Å². The summed E-state index contributed by atoms with van der Waals surface area (Å²) in [5, 5.41) is 11.0. The molecule has 2 N–H and O–H groups in total. The fourth-order valence-electron chi connectivity index (χ4n) is 3.84. The lowest BCUT2D eigenvalue weighted by Crippen LogP contribution is -2.31. The fraction of sp³-hybridized carbons (Fsp3) is 0.125. The number of nitrogens with one attached hydrogen (secondary N) is 2. The zero-order valence-electron chi connectivity index (χ0n) is 17.6. The van der Waals surface area contributed by atoms with Gasteiger partial charge in [-0.1, -0.05) is 23.8 Å². The minimum atomic E-state index is -0.461. The van der Waals surface area contributed by atoms with E-state index < -0.39 is 6.04 Å². The van der Waals surface area contributed by atoms with Crippen molar-refractivity contribution in [3.8, 4) is 11.4 Å². The van der Waals surface area contributed by atoms with Gasteiger partial charge in [0.2, 0.25) is 5.95 Å². The highest BCUT2D eigenvalue weighted by Crippen LogP contribution is 2.36. The Morgan fingerprint density at radius 1 is 1.03 bits per heavy atom. The van der Waals surface area contributed by atoms with Gasteiger partial charge in [-0.05, 0) is 49.7 Å². The van der Waals surface area contributed by atoms with E-state index in [1.807, 2.05) is 50.2 Å². The molecule has 5 rings (SSSR count). The predicted molar refractivity (Wildman–Crippen MR) is 122 cm³/mol. The Hall–Kier alpha value is -4.33. The number of fused-ring (bicyclic) bond motifs is 1. The van der Waals surface area contributed by atoms with Crippen molar-refractivity contribution in [3.05, 3.63) is 95.7 Å². The summed E-state index contributed by atoms with van der Waals surface area (Å²) < 4.78 is 1.76. The van der Waals surface area contributed by atoms with Gasteiger partial charge in [-0.2, -0.15) is 4.98 Å². The van der Waals surface area contributed by atoms with Gasteiger partial charge in [0.1, 0.15) is 6.04 Å². The Bertz CT molecular complexity index is 1310. The van der Waals surface area contributed by atoms with Crippen molar-refractivity contribution < 1.29 is 4.79 Å². The van der Waals surface area contributed by atoms with E-state index in [0.29, 0.717) is 28.7 Å². The van der Waals surface area contributed by atoms with Gasteiger partial charge in [-0.3, -0.25) is 14.8 Å². The molecule has 8 heteroatoms. The lowest BCUT2D eigenvalue weighted by atomic mass is 9.96. The number of carbonyl (C=O) groups excluding carboxylic acids is 1. The number of pyridine rings is 2. The molecule has 3 aromatic heterocycles. The van der Waals surface area contributed by atoms with Crippen molar-refractivity contribution in [3.63, 3.8) is 0 Å². The normalized spacial score (nSPS) is 15.1. The van der Waals surface area contributed by atoms with E-state index in [2.05, 4.69) is 20.6 Å². The van der Waals surface area contributed by atoms with Crippen LogP contribution in [-0.2, 0) is 4.79 Å². The van der Waals surface area contributed by atoms with Crippen molar-refractivity contribution in [1.29, 1.82) is 0 Å². The second-order valence-electron chi connectivity index (χ2n) is 7.62. The second-order valence-corrected chi connectivity index (χ2v) is 7.62. The van der Waals surface area contributed by atoms with Crippen LogP contribution in [0.5, 0.6) is 0 Å². The van der Waals surface area contributed by atoms with Gasteiger partial charge in [0.25, 0.3) is 5.91 Å². The molecule has 4 heterocycles. The van der Waals surface area contributed by atoms with Crippen LogP contribution in [0, 0.1) is 6.92 Å². The maximum absolute atomic E-state index is 13.4. The van der Waals surface area contributed by atoms with Crippen molar-refractivity contribution in [2.45, 2.75) is 19.9 Å². The molecule has 32 heavy (non-hydrogen) atoms. The summed E-state index contributed by atoms with van der Waals surface area (Å²) in [7, 11) is 0. The number of allylic oxidation sites excluding steroid dienone is 1. The van der Waals surface area contributed by atoms with E-state index in [4.69, 9.17) is 10.1 Å². The molecule has 4 aromatic rings. The summed E-state index contributed by atoms with van der Waals surface area (Å²) in [6, 6.07) is 14.9. The molecule has 8 nitrogen and oxygen atoms in total. The highest BCUT2D eigenvalue weighted by Gasteiger charge is 2.34. The Morgan fingerprint density at radius 3 is 2.62 bits per heavy atom. The number of carbonyl (C=O) groups is 1. The molecule has 0 fully saturated rings. The van der Waals surface area contributed by atoms with Gasteiger partial charge in [-0.25, -0.2) is 4.68 Å². The number of nitrogens with zero attached hydrogens (tertiary/aromatic N) is 5. The molecule has 0 radical (unpaired) electrons. The minimum absolute atomic E-state index is 0.233. The second kappa shape index (κ2) is 8.07. The van der Waals surface area contributed by atoms with E-state index >= 15 is 0 Å². The highest BCUT2D eigenvalue weighted by atomic mass is 16.1. The number of aryl methyl sites for hydroxylation is 1. The number of anilines is 2. The highest BCUT2D eigenvalue weighted by molar-refractivity contribution is 6.05. The predicted octanol–water partition coefficient (Wildman–Crippen LogP) is 3.97. The standard InChI is InChI=1S/C24H21N7O/c1-15-5-3-6-18(13-15)22-29-24-27-16(2)20(23(32)28-19-7-4-10-26-14-19)21(31(24)30-22)17-8-11-25-12-9-17/h3-14,21H,1-2H3,(H,28,32)(H,27,29,30). The quantitative estimate of drug-likeness (QED) is 0.515. The number of amides is 1. The van der Waals surface area contributed by atoms with Gasteiger partial charge in [0.15, 0.2) is 5.82 Å². The average Bonchev–Trinajstić information content (AvgIpc) is 3.23. The van der Waals surface area contributed by atoms with Crippen LogP contribution in [0.2, 0.25) is 0 Å². The maximum Gasteiger partial charge on any atom is 0.255 e. The first kappa shape index (κ1) is 19.6. The number of benzene rings is 1. The van der Waals surface area contributed by atoms with Crippen LogP contribution in [0.3, 0.4) is 0 Å². The Morgan fingerprint density at radius 2 is 1.88 bits per heavy atom. The fourth-order valence-corrected chi connectivity index (χ4v) is 3.84. The van der Waals surface area contributed by atoms with Crippen molar-refractivity contribution in [1.82, 2.24) is 24.7 Å². The third-order valence-electron chi connectivity index (χ3n) is 5.31. The lowest BCUT2D eigenvalue weighted by molar-refractivity contribution is -0.113. The summed E-state index contributed by atoms with van der Waals surface area (Å²) in [5.74, 6) is 0.943. The maximum atomic E-state index is 13.4. The van der Waals surface area contributed by atoms with E-state index in [1.165, 1.54) is 0 Å². The molecule has 0 bridgehead atoms. The van der Waals surface area contributed by atoms with Crippen LogP contribution in [0.15, 0.2) is 84.6 Å². The van der Waals surface area contributed by atoms with Gasteiger partial charge in [0, 0.05) is 29.9 Å². The van der Waals surface area contributed by atoms with Gasteiger partial charge < -0.3 is 10.6 Å². The van der Waals surface area contributed by atoms with Crippen molar-refractivity contribution in [2.75, 3.05) is 10.6 Å². The summed E-state index contributed by atoms with van der Waals surface area (Å²) in [6.45, 7) is 3.90. The Kier molecular flexibility index (Phi) is 4.95. The number of aromatic nitrogens is 5. The molecule has 0 aliphatic carbocycles. The molecular formula is C24H21N7O. The molecule has 1 aromatic carbocycles. The largest absolute Gasteiger partial charge is 0.328 e. The minimum Gasteiger partial charge on any atom is -0.328 e. The van der Waals surface area contributed by atoms with Crippen LogP contribution in [-0.4, -0.2) is 30.6 Å². The zero-order valence-corrected chi connectivity index (χ0v) is 17.6. The van der Waals surface area contributed by atoms with Gasteiger partial charge in [0.05, 0.1) is 17.5 Å². The number of hydrogen-bond donors (Lipinski definition) is 2. The summed E-state index contributed by atoms with van der Waals surface area (Å²) in [4.78, 5) is 26.3. The Labute approximate surface area is 185 Å². The number of rotatable bonds is 4. The number of hydrogen-bond acceptors (Lipinski definition) is 6. The molecule has 0 saturated carbocycles. The molecule has 0 spiro atoms. The van der Waals surface area contributed by atoms with Crippen molar-refractivity contribution in [2.24, 2.45) is 0 Å². The SMILES string of the molecule is CC1=C(C(=O)Nc2cccnc2)C(c2ccncc2)n2nc(-c3cccc(C)c3)nc2N1. The van der Waals surface area contributed by atoms with Crippen molar-refractivity contribution >= 4 is 17.5 Å². The molecule has 1 amide bonds. The summed E-state index contributed by atoms with van der Waals surface area (Å²) in [5.41, 5.74) is 4.81. The van der Waals surface area contributed by atoms with Crippen LogP contribution >= 0.6 is 0 Å². The summed E-state index contributed by atoms with van der Waals surface area (Å²) in [6.07, 6.45) is 6.70. The third kappa shape index (κ3) is 3.62. The van der Waals surface area contributed by atoms with E-state index in [1.54, 1.807) is 41.6 Å². The topological polar surface area (TPSA) is 97.6 Å². The van der Waals surface area contributed by atoms with E-state index in [0.717, 1.165) is 16.7 Å². The third-order valence-corrected chi connectivity index (χ3v) is 5.31. The molecule has 1 aliphatic heterocycles. The molecule has 1 atom stereocenters. The van der Waals surface area contributed by atoms with Crippen LogP contribution < -0.4 is 10.6 Å². The molecule has 158 valence electrons. The molecule has 0 saturated heterocycles. The first-order valence-electron chi connectivity index (χ1n) is 10.2. The average molecular weight is 423 g/mol. The van der Waals surface area contributed by atoms with Crippen LogP contribution in [0.4, 0.5) is 11.6 Å². The molecule has 1 aliphatic rings. The molecular weight excluding hydrogens is 402 g/mol. The zero-order chi connectivity index (χ0) is 22.1. The first-order valence-corrected chi connectivity index (χ1v) is 10.2. The van der Waals surface area contributed by atoms with Crippen LogP contribution in [0.25, 0.3) is 11.4 Å². The van der Waals surface area contributed by atoms with E-state index in [9.17, 15) is 4.79 Å². The van der Waals surface area contributed by atoms with Gasteiger partial charge in [-0.15, -0.1) is 5.10 Å². The first-order chi connectivity index (χ1) is 15.6. The lowest BCUT2D eigenvalue weighted by Gasteiger charge is -2.28. The summed E-state index contributed by atoms with van der Waals surface area (Å²) >= 11 is 0. The smallest absolute Gasteiger partial charge is 0.255 e. The van der Waals surface area contributed by atoms with Crippen LogP contribution in [0.1, 0.15) is 24.1 Å². The van der Waals surface area contributed by atoms with E-state index in [-0.39, 0.29) is 5.91 Å².